The Labute approximate surface area is 234 Å². The lowest BCUT2D eigenvalue weighted by Crippen LogP contribution is -2.16. The summed E-state index contributed by atoms with van der Waals surface area (Å²) in [6.07, 6.45) is 5.54. The Bertz CT molecular complexity index is 1490. The van der Waals surface area contributed by atoms with Crippen LogP contribution < -0.4 is 19.6 Å². The molecule has 1 amide bonds. The van der Waals surface area contributed by atoms with Crippen molar-refractivity contribution in [2.45, 2.75) is 26.9 Å². The fourth-order valence-corrected chi connectivity index (χ4v) is 4.24. The van der Waals surface area contributed by atoms with Crippen molar-refractivity contribution in [3.05, 3.63) is 120 Å². The van der Waals surface area contributed by atoms with Crippen molar-refractivity contribution < 1.29 is 23.4 Å². The number of carbonyl (C=O) groups is 1. The second-order valence-electron chi connectivity index (χ2n) is 9.00. The molecule has 0 unspecified atom stereocenters. The van der Waals surface area contributed by atoms with Crippen molar-refractivity contribution in [1.82, 2.24) is 9.99 Å². The second kappa shape index (κ2) is 13.2. The molecule has 0 saturated heterocycles. The topological polar surface area (TPSA) is 87.2 Å². The number of ether oxygens (including phenoxy) is 3. The maximum atomic E-state index is 12.6. The predicted molar refractivity (Wildman–Crippen MR) is 156 cm³/mol. The van der Waals surface area contributed by atoms with E-state index in [4.69, 9.17) is 18.6 Å². The number of nitrogens with one attached hydrogen (secondary N) is 1. The van der Waals surface area contributed by atoms with Crippen LogP contribution in [-0.2, 0) is 13.0 Å². The lowest BCUT2D eigenvalue weighted by atomic mass is 10.1. The zero-order chi connectivity index (χ0) is 28.5. The van der Waals surface area contributed by atoms with Crippen LogP contribution in [-0.4, -0.2) is 30.4 Å². The normalized spacial score (nSPS) is 10.9. The van der Waals surface area contributed by atoms with Crippen LogP contribution in [0.3, 0.4) is 0 Å². The van der Waals surface area contributed by atoms with Crippen molar-refractivity contribution in [2.24, 2.45) is 5.10 Å². The molecule has 8 heteroatoms. The molecule has 2 aromatic heterocycles. The highest BCUT2D eigenvalue weighted by Crippen LogP contribution is 2.33. The summed E-state index contributed by atoms with van der Waals surface area (Å²) in [4.78, 5) is 12.6. The maximum Gasteiger partial charge on any atom is 0.307 e. The van der Waals surface area contributed by atoms with Gasteiger partial charge >= 0.3 is 5.91 Å². The van der Waals surface area contributed by atoms with E-state index in [1.807, 2.05) is 30.3 Å². The molecule has 8 nitrogen and oxygen atoms in total. The van der Waals surface area contributed by atoms with Gasteiger partial charge in [0.2, 0.25) is 0 Å². The number of methoxy groups -OCH3 is 1. The molecule has 1 N–H and O–H groups in total. The first kappa shape index (κ1) is 28.0. The third-order valence-electron chi connectivity index (χ3n) is 6.10. The zero-order valence-electron chi connectivity index (χ0n) is 23.0. The minimum absolute atomic E-state index is 0.128. The number of hydrogen-bond donors (Lipinski definition) is 1. The molecule has 0 aliphatic rings. The number of aryl methyl sites for hydroxylation is 2. The average Bonchev–Trinajstić information content (AvgIpc) is 3.57. The van der Waals surface area contributed by atoms with Crippen LogP contribution in [0.5, 0.6) is 17.2 Å². The molecule has 0 aliphatic carbocycles. The third-order valence-corrected chi connectivity index (χ3v) is 6.10. The first-order chi connectivity index (χ1) is 19.4. The molecule has 40 heavy (non-hydrogen) atoms. The Morgan fingerprint density at radius 2 is 1.75 bits per heavy atom. The Kier molecular flexibility index (Phi) is 9.25. The summed E-state index contributed by atoms with van der Waals surface area (Å²) >= 11 is 0. The maximum absolute atomic E-state index is 12.6. The fraction of sp³-hybridized carbons (Fsp3) is 0.188. The molecule has 2 aromatic carbocycles. The number of carbonyl (C=O) groups excluding carboxylic acids is 1. The first-order valence-electron chi connectivity index (χ1n) is 12.8. The lowest BCUT2D eigenvalue weighted by Gasteiger charge is -2.14. The van der Waals surface area contributed by atoms with E-state index in [1.165, 1.54) is 17.6 Å². The molecule has 0 aliphatic heterocycles. The smallest absolute Gasteiger partial charge is 0.307 e. The molecule has 4 aromatic rings. The van der Waals surface area contributed by atoms with Gasteiger partial charge in [-0.3, -0.25) is 4.79 Å². The van der Waals surface area contributed by atoms with Crippen molar-refractivity contribution in [3.63, 3.8) is 0 Å². The van der Waals surface area contributed by atoms with Gasteiger partial charge in [0.1, 0.15) is 24.7 Å². The van der Waals surface area contributed by atoms with E-state index in [9.17, 15) is 4.79 Å². The minimum atomic E-state index is -0.478. The van der Waals surface area contributed by atoms with E-state index in [2.05, 4.69) is 54.2 Å². The molecule has 0 spiro atoms. The number of nitrogens with zero attached hydrogens (tertiary/aromatic N) is 2. The van der Waals surface area contributed by atoms with E-state index < -0.39 is 5.91 Å². The molecule has 0 radical (unpaired) electrons. The van der Waals surface area contributed by atoms with Crippen molar-refractivity contribution >= 4 is 12.1 Å². The Morgan fingerprint density at radius 1 is 1.00 bits per heavy atom. The molecule has 206 valence electrons. The summed E-state index contributed by atoms with van der Waals surface area (Å²) in [6.45, 7) is 12.2. The number of hydrogen-bond acceptors (Lipinski definition) is 6. The quantitative estimate of drug-likeness (QED) is 0.122. The lowest BCUT2D eigenvalue weighted by molar-refractivity contribution is 0.0923. The number of hydrazone groups is 1. The molecule has 0 atom stereocenters. The van der Waals surface area contributed by atoms with Crippen LogP contribution in [0.25, 0.3) is 5.69 Å². The average molecular weight is 540 g/mol. The summed E-state index contributed by atoms with van der Waals surface area (Å²) in [5.41, 5.74) is 7.49. The van der Waals surface area contributed by atoms with Gasteiger partial charge in [0.25, 0.3) is 0 Å². The van der Waals surface area contributed by atoms with Gasteiger partial charge in [-0.2, -0.15) is 5.10 Å². The SMILES string of the molecule is C=CCOc1c(CC=C)cc(/C=N/NC(=O)c2ccc(COc3ccc(-n4c(C)ccc4C)cc3)o2)cc1OC. The van der Waals surface area contributed by atoms with Crippen LogP contribution in [0.2, 0.25) is 0 Å². The molecule has 0 fully saturated rings. The van der Waals surface area contributed by atoms with Crippen LogP contribution in [0.15, 0.2) is 95.5 Å². The highest BCUT2D eigenvalue weighted by Gasteiger charge is 2.13. The van der Waals surface area contributed by atoms with Crippen molar-refractivity contribution in [1.29, 1.82) is 0 Å². The van der Waals surface area contributed by atoms with Gasteiger partial charge in [0.15, 0.2) is 17.3 Å². The van der Waals surface area contributed by atoms with Crippen LogP contribution >= 0.6 is 0 Å². The number of aromatic nitrogens is 1. The van der Waals surface area contributed by atoms with E-state index >= 15 is 0 Å². The van der Waals surface area contributed by atoms with Gasteiger partial charge in [0, 0.05) is 22.6 Å². The monoisotopic (exact) mass is 539 g/mol. The van der Waals surface area contributed by atoms with Gasteiger partial charge in [0.05, 0.1) is 13.3 Å². The number of furan rings is 1. The Balaban J connectivity index is 1.35. The zero-order valence-corrected chi connectivity index (χ0v) is 23.0. The highest BCUT2D eigenvalue weighted by atomic mass is 16.5. The van der Waals surface area contributed by atoms with Gasteiger partial charge in [-0.15, -0.1) is 6.58 Å². The van der Waals surface area contributed by atoms with E-state index in [0.29, 0.717) is 36.0 Å². The van der Waals surface area contributed by atoms with Crippen molar-refractivity contribution in [3.8, 4) is 22.9 Å². The van der Waals surface area contributed by atoms with E-state index in [0.717, 1.165) is 16.8 Å². The predicted octanol–water partition coefficient (Wildman–Crippen LogP) is 6.33. The standard InChI is InChI=1S/C32H33N3O5/c1-6-8-25-18-24(19-30(37-5)31(25)38-17-7-2)20-33-34-32(36)29-16-15-28(40-29)21-39-27-13-11-26(12-14-27)35-22(3)9-10-23(35)4/h6-7,9-16,18-20H,1-2,8,17,21H2,3-5H3,(H,34,36)/b33-20+. The van der Waals surface area contributed by atoms with E-state index in [-0.39, 0.29) is 12.4 Å². The van der Waals surface area contributed by atoms with E-state index in [1.54, 1.807) is 37.5 Å². The summed E-state index contributed by atoms with van der Waals surface area (Å²) in [6, 6.07) is 19.0. The largest absolute Gasteiger partial charge is 0.493 e. The summed E-state index contributed by atoms with van der Waals surface area (Å²) in [7, 11) is 1.56. The number of amides is 1. The molecule has 4 rings (SSSR count). The Morgan fingerprint density at radius 3 is 2.42 bits per heavy atom. The van der Waals surface area contributed by atoms with Crippen LogP contribution in [0.4, 0.5) is 0 Å². The van der Waals surface area contributed by atoms with Gasteiger partial charge in [-0.1, -0.05) is 18.7 Å². The van der Waals surface area contributed by atoms with Gasteiger partial charge in [-0.25, -0.2) is 5.43 Å². The molecule has 2 heterocycles. The van der Waals surface area contributed by atoms with Crippen molar-refractivity contribution in [2.75, 3.05) is 13.7 Å². The fourth-order valence-electron chi connectivity index (χ4n) is 4.24. The Hall–Kier alpha value is -4.98. The summed E-state index contributed by atoms with van der Waals surface area (Å²) in [5.74, 6) is 2.04. The van der Waals surface area contributed by atoms with Gasteiger partial charge < -0.3 is 23.2 Å². The molecule has 0 bridgehead atoms. The molecular weight excluding hydrogens is 506 g/mol. The second-order valence-corrected chi connectivity index (χ2v) is 9.00. The summed E-state index contributed by atoms with van der Waals surface area (Å²) < 4.78 is 24.9. The number of allylic oxidation sites excluding steroid dienone is 1. The van der Waals surface area contributed by atoms with Crippen LogP contribution in [0.1, 0.15) is 38.8 Å². The minimum Gasteiger partial charge on any atom is -0.493 e. The van der Waals surface area contributed by atoms with Crippen LogP contribution in [0, 0.1) is 13.8 Å². The molecular formula is C32H33N3O5. The molecule has 0 saturated carbocycles. The van der Waals surface area contributed by atoms with Gasteiger partial charge in [-0.05, 0) is 86.5 Å². The summed E-state index contributed by atoms with van der Waals surface area (Å²) in [5, 5.41) is 4.07. The first-order valence-corrected chi connectivity index (χ1v) is 12.8. The highest BCUT2D eigenvalue weighted by molar-refractivity contribution is 5.92. The number of rotatable bonds is 13. The third kappa shape index (κ3) is 6.71. The number of benzene rings is 2.